The van der Waals surface area contributed by atoms with E-state index < -0.39 is 29.1 Å². The number of benzene rings is 1. The van der Waals surface area contributed by atoms with Gasteiger partial charge in [-0.1, -0.05) is 0 Å². The average molecular weight is 471 g/mol. The summed E-state index contributed by atoms with van der Waals surface area (Å²) >= 11 is 0. The fraction of sp³-hybridized carbons (Fsp3) is 0.417. The van der Waals surface area contributed by atoms with E-state index in [0.29, 0.717) is 43.7 Å². The zero-order chi connectivity index (χ0) is 24.5. The summed E-state index contributed by atoms with van der Waals surface area (Å²) in [6.07, 6.45) is -0.214. The summed E-state index contributed by atoms with van der Waals surface area (Å²) in [6.45, 7) is 1.68. The van der Waals surface area contributed by atoms with E-state index in [1.807, 2.05) is 4.90 Å². The molecule has 2 amide bonds. The Labute approximate surface area is 195 Å². The zero-order valence-electron chi connectivity index (χ0n) is 18.3. The minimum absolute atomic E-state index is 0.0999. The Balaban J connectivity index is 1.45. The van der Waals surface area contributed by atoms with Gasteiger partial charge in [0.15, 0.2) is 0 Å². The number of carbonyl (C=O) groups is 2. The molecular formula is C24H24F3N5O2. The Kier molecular flexibility index (Phi) is 6.46. The first-order chi connectivity index (χ1) is 16.2. The third-order valence-electron chi connectivity index (χ3n) is 6.88. The molecule has 1 aromatic heterocycles. The van der Waals surface area contributed by atoms with Crippen molar-refractivity contribution in [1.82, 2.24) is 9.88 Å². The Morgan fingerprint density at radius 3 is 2.35 bits per heavy atom. The minimum Gasteiger partial charge on any atom is -0.372 e. The van der Waals surface area contributed by atoms with E-state index in [2.05, 4.69) is 4.98 Å². The number of halogens is 3. The number of nitriles is 1. The Morgan fingerprint density at radius 1 is 1.09 bits per heavy atom. The van der Waals surface area contributed by atoms with Crippen molar-refractivity contribution in [2.45, 2.75) is 19.0 Å². The molecular weight excluding hydrogens is 447 g/mol. The second kappa shape index (κ2) is 9.33. The monoisotopic (exact) mass is 471 g/mol. The summed E-state index contributed by atoms with van der Waals surface area (Å²) in [5.74, 6) is -1.07. The number of hydrogen-bond acceptors (Lipinski definition) is 5. The van der Waals surface area contributed by atoms with Crippen LogP contribution in [0.25, 0.3) is 0 Å². The average Bonchev–Trinajstić information content (AvgIpc) is 3.29. The smallest absolute Gasteiger partial charge is 0.372 e. The molecule has 2 aliphatic heterocycles. The Hall–Kier alpha value is -3.61. The Bertz CT molecular complexity index is 1110. The number of likely N-dealkylation sites (tertiary alicyclic amines) is 1. The van der Waals surface area contributed by atoms with E-state index in [1.165, 1.54) is 24.5 Å². The molecule has 2 saturated heterocycles. The van der Waals surface area contributed by atoms with E-state index in [4.69, 9.17) is 11.0 Å². The lowest BCUT2D eigenvalue weighted by atomic mass is 9.78. The van der Waals surface area contributed by atoms with Gasteiger partial charge in [-0.25, -0.2) is 0 Å². The van der Waals surface area contributed by atoms with Crippen LogP contribution < -0.4 is 10.6 Å². The van der Waals surface area contributed by atoms with Crippen LogP contribution in [0.5, 0.6) is 0 Å². The quantitative estimate of drug-likeness (QED) is 0.738. The van der Waals surface area contributed by atoms with Gasteiger partial charge in [-0.15, -0.1) is 0 Å². The van der Waals surface area contributed by atoms with E-state index in [9.17, 15) is 22.8 Å². The third kappa shape index (κ3) is 4.69. The van der Waals surface area contributed by atoms with Crippen LogP contribution in [-0.2, 0) is 11.0 Å². The lowest BCUT2D eigenvalue weighted by Crippen LogP contribution is -2.40. The highest BCUT2D eigenvalue weighted by molar-refractivity contribution is 5.94. The number of carbonyl (C=O) groups excluding carboxylic acids is 2. The molecule has 34 heavy (non-hydrogen) atoms. The van der Waals surface area contributed by atoms with Gasteiger partial charge in [-0.05, 0) is 55.0 Å². The van der Waals surface area contributed by atoms with Gasteiger partial charge in [-0.3, -0.25) is 14.6 Å². The Morgan fingerprint density at radius 2 is 1.76 bits per heavy atom. The predicted octanol–water partition coefficient (Wildman–Crippen LogP) is 3.06. The van der Waals surface area contributed by atoms with Crippen LogP contribution in [0.15, 0.2) is 42.7 Å². The number of alkyl halides is 3. The molecule has 0 aliphatic carbocycles. The van der Waals surface area contributed by atoms with Gasteiger partial charge in [0.05, 0.1) is 23.1 Å². The molecule has 2 aliphatic rings. The second-order valence-electron chi connectivity index (χ2n) is 8.78. The molecule has 0 bridgehead atoms. The van der Waals surface area contributed by atoms with Crippen molar-refractivity contribution in [3.63, 3.8) is 0 Å². The fourth-order valence-corrected chi connectivity index (χ4v) is 5.10. The number of pyridine rings is 1. The molecule has 0 saturated carbocycles. The maximum Gasteiger partial charge on any atom is 0.417 e. The SMILES string of the molecule is N#Cc1ccc(N2CCC([C@@H]3CN(C(=O)c4ccncc4)C[C@H]3C(N)=O)CC2)cc1C(F)(F)F. The second-order valence-corrected chi connectivity index (χ2v) is 8.78. The molecule has 2 N–H and O–H groups in total. The van der Waals surface area contributed by atoms with Crippen LogP contribution in [-0.4, -0.2) is 47.9 Å². The highest BCUT2D eigenvalue weighted by atomic mass is 19.4. The van der Waals surface area contributed by atoms with E-state index in [-0.39, 0.29) is 24.3 Å². The molecule has 0 unspecified atom stereocenters. The topological polar surface area (TPSA) is 103 Å². The van der Waals surface area contributed by atoms with Gasteiger partial charge in [0.1, 0.15) is 0 Å². The largest absolute Gasteiger partial charge is 0.417 e. The van der Waals surface area contributed by atoms with Crippen LogP contribution >= 0.6 is 0 Å². The fourth-order valence-electron chi connectivity index (χ4n) is 5.10. The summed E-state index contributed by atoms with van der Waals surface area (Å²) in [5, 5.41) is 9.01. The number of rotatable bonds is 4. The summed E-state index contributed by atoms with van der Waals surface area (Å²) in [4.78, 5) is 32.5. The van der Waals surface area contributed by atoms with Gasteiger partial charge in [0.2, 0.25) is 5.91 Å². The van der Waals surface area contributed by atoms with E-state index in [0.717, 1.165) is 6.07 Å². The molecule has 1 aromatic carbocycles. The van der Waals surface area contributed by atoms with Crippen molar-refractivity contribution in [2.24, 2.45) is 23.5 Å². The van der Waals surface area contributed by atoms with Crippen molar-refractivity contribution in [2.75, 3.05) is 31.1 Å². The van der Waals surface area contributed by atoms with Gasteiger partial charge >= 0.3 is 6.18 Å². The zero-order valence-corrected chi connectivity index (χ0v) is 18.3. The highest BCUT2D eigenvalue weighted by Crippen LogP contribution is 2.39. The van der Waals surface area contributed by atoms with Crippen LogP contribution in [0.2, 0.25) is 0 Å². The summed E-state index contributed by atoms with van der Waals surface area (Å²) in [6, 6.07) is 8.61. The number of hydrogen-bond donors (Lipinski definition) is 1. The minimum atomic E-state index is -4.61. The number of anilines is 1. The van der Waals surface area contributed by atoms with Crippen molar-refractivity contribution in [1.29, 1.82) is 5.26 Å². The van der Waals surface area contributed by atoms with E-state index in [1.54, 1.807) is 23.1 Å². The van der Waals surface area contributed by atoms with Crippen LogP contribution in [0.1, 0.15) is 34.3 Å². The van der Waals surface area contributed by atoms with Crippen LogP contribution in [0.4, 0.5) is 18.9 Å². The molecule has 0 spiro atoms. The first kappa shape index (κ1) is 23.5. The maximum atomic E-state index is 13.3. The lowest BCUT2D eigenvalue weighted by molar-refractivity contribution is -0.137. The number of amides is 2. The first-order valence-corrected chi connectivity index (χ1v) is 11.0. The number of nitrogens with zero attached hydrogens (tertiary/aromatic N) is 4. The number of nitrogens with two attached hydrogens (primary N) is 1. The van der Waals surface area contributed by atoms with Crippen LogP contribution in [0.3, 0.4) is 0 Å². The molecule has 2 fully saturated rings. The van der Waals surface area contributed by atoms with Crippen molar-refractivity contribution >= 4 is 17.5 Å². The standard InChI is InChI=1S/C24H24F3N5O2/c25-24(26,27)21-11-18(2-1-17(21)12-28)31-9-5-15(6-10-31)19-13-32(14-20(19)22(29)33)23(34)16-3-7-30-8-4-16/h1-4,7-8,11,15,19-20H,5-6,9-10,13-14H2,(H2,29,33)/t19-,20+/m0/s1. The summed E-state index contributed by atoms with van der Waals surface area (Å²) in [5.41, 5.74) is 5.24. The molecule has 2 aromatic rings. The van der Waals surface area contributed by atoms with Gasteiger partial charge in [0, 0.05) is 49.8 Å². The maximum absolute atomic E-state index is 13.3. The van der Waals surface area contributed by atoms with Crippen molar-refractivity contribution in [3.8, 4) is 6.07 Å². The molecule has 10 heteroatoms. The van der Waals surface area contributed by atoms with Gasteiger partial charge < -0.3 is 15.5 Å². The lowest BCUT2D eigenvalue weighted by Gasteiger charge is -2.37. The number of piperidine rings is 1. The highest BCUT2D eigenvalue weighted by Gasteiger charge is 2.43. The van der Waals surface area contributed by atoms with Gasteiger partial charge in [-0.2, -0.15) is 18.4 Å². The number of aromatic nitrogens is 1. The van der Waals surface area contributed by atoms with Crippen molar-refractivity contribution in [3.05, 3.63) is 59.4 Å². The number of primary amides is 1. The molecule has 4 rings (SSSR count). The third-order valence-corrected chi connectivity index (χ3v) is 6.88. The molecule has 3 heterocycles. The first-order valence-electron chi connectivity index (χ1n) is 11.0. The summed E-state index contributed by atoms with van der Waals surface area (Å²) in [7, 11) is 0. The van der Waals surface area contributed by atoms with Gasteiger partial charge in [0.25, 0.3) is 5.91 Å². The van der Waals surface area contributed by atoms with Crippen LogP contribution in [0, 0.1) is 29.1 Å². The normalized spacial score (nSPS) is 21.4. The molecule has 2 atom stereocenters. The molecule has 178 valence electrons. The van der Waals surface area contributed by atoms with Crippen molar-refractivity contribution < 1.29 is 22.8 Å². The predicted molar refractivity (Wildman–Crippen MR) is 117 cm³/mol. The molecule has 0 radical (unpaired) electrons. The van der Waals surface area contributed by atoms with E-state index >= 15 is 0 Å². The summed E-state index contributed by atoms with van der Waals surface area (Å²) < 4.78 is 40.0. The molecule has 7 nitrogen and oxygen atoms in total.